The van der Waals surface area contributed by atoms with E-state index in [2.05, 4.69) is 28.9 Å². The summed E-state index contributed by atoms with van der Waals surface area (Å²) in [5.74, 6) is 0.897. The first-order valence-electron chi connectivity index (χ1n) is 7.84. The summed E-state index contributed by atoms with van der Waals surface area (Å²) in [5, 5.41) is 8.07. The van der Waals surface area contributed by atoms with Gasteiger partial charge in [-0.15, -0.1) is 5.10 Å². The van der Waals surface area contributed by atoms with Gasteiger partial charge in [0.1, 0.15) is 0 Å². The van der Waals surface area contributed by atoms with Gasteiger partial charge in [-0.2, -0.15) is 0 Å². The Labute approximate surface area is 125 Å². The van der Waals surface area contributed by atoms with Crippen molar-refractivity contribution >= 4 is 11.9 Å². The standard InChI is InChI=1S/C15H24N4O2/c1-11(2)19-10-15(7-5-13(19)20)6-4-8-18(9-15)14-17-16-12(3)21-14/h11H,4-10H2,1-3H3. The maximum atomic E-state index is 12.1. The number of anilines is 1. The lowest BCUT2D eigenvalue weighted by molar-refractivity contribution is -0.140. The van der Waals surface area contributed by atoms with Crippen molar-refractivity contribution in [1.29, 1.82) is 0 Å². The lowest BCUT2D eigenvalue weighted by atomic mass is 9.73. The Morgan fingerprint density at radius 2 is 2.05 bits per heavy atom. The predicted molar refractivity (Wildman–Crippen MR) is 79.0 cm³/mol. The minimum Gasteiger partial charge on any atom is -0.408 e. The summed E-state index contributed by atoms with van der Waals surface area (Å²) in [6.07, 6.45) is 3.92. The molecular formula is C15H24N4O2. The molecule has 0 radical (unpaired) electrons. The molecule has 1 atom stereocenters. The highest BCUT2D eigenvalue weighted by molar-refractivity contribution is 5.77. The van der Waals surface area contributed by atoms with Gasteiger partial charge in [0.25, 0.3) is 0 Å². The number of amides is 1. The molecule has 0 aromatic carbocycles. The first kappa shape index (κ1) is 14.4. The fraction of sp³-hybridized carbons (Fsp3) is 0.800. The molecule has 0 saturated carbocycles. The van der Waals surface area contributed by atoms with Gasteiger partial charge in [-0.3, -0.25) is 4.79 Å². The summed E-state index contributed by atoms with van der Waals surface area (Å²) >= 11 is 0. The normalized spacial score (nSPS) is 27.0. The monoisotopic (exact) mass is 292 g/mol. The smallest absolute Gasteiger partial charge is 0.318 e. The molecule has 0 bridgehead atoms. The van der Waals surface area contributed by atoms with Crippen molar-refractivity contribution in [3.05, 3.63) is 5.89 Å². The molecule has 1 aromatic heterocycles. The first-order valence-corrected chi connectivity index (χ1v) is 7.84. The molecule has 2 aliphatic heterocycles. The number of likely N-dealkylation sites (tertiary alicyclic amines) is 1. The molecule has 0 N–H and O–H groups in total. The highest BCUT2D eigenvalue weighted by Crippen LogP contribution is 2.40. The number of nitrogens with zero attached hydrogens (tertiary/aromatic N) is 4. The van der Waals surface area contributed by atoms with Gasteiger partial charge >= 0.3 is 6.01 Å². The zero-order valence-electron chi connectivity index (χ0n) is 13.1. The molecule has 116 valence electrons. The van der Waals surface area contributed by atoms with Crippen molar-refractivity contribution in [1.82, 2.24) is 15.1 Å². The van der Waals surface area contributed by atoms with E-state index in [4.69, 9.17) is 4.42 Å². The highest BCUT2D eigenvalue weighted by Gasteiger charge is 2.43. The van der Waals surface area contributed by atoms with Crippen LogP contribution in [0.2, 0.25) is 0 Å². The summed E-state index contributed by atoms with van der Waals surface area (Å²) < 4.78 is 5.58. The van der Waals surface area contributed by atoms with Crippen LogP contribution >= 0.6 is 0 Å². The van der Waals surface area contributed by atoms with E-state index in [0.29, 0.717) is 24.2 Å². The van der Waals surface area contributed by atoms with Crippen molar-refractivity contribution < 1.29 is 9.21 Å². The molecule has 1 unspecified atom stereocenters. The zero-order chi connectivity index (χ0) is 15.0. The molecule has 3 heterocycles. The van der Waals surface area contributed by atoms with E-state index in [1.54, 1.807) is 0 Å². The number of carbonyl (C=O) groups excluding carboxylic acids is 1. The van der Waals surface area contributed by atoms with Gasteiger partial charge in [-0.25, -0.2) is 0 Å². The van der Waals surface area contributed by atoms with Crippen molar-refractivity contribution in [3.8, 4) is 0 Å². The fourth-order valence-corrected chi connectivity index (χ4v) is 3.63. The third-order valence-corrected chi connectivity index (χ3v) is 4.77. The van der Waals surface area contributed by atoms with Crippen LogP contribution in [0.1, 0.15) is 45.4 Å². The first-order chi connectivity index (χ1) is 9.99. The van der Waals surface area contributed by atoms with Crippen LogP contribution in [0.25, 0.3) is 0 Å². The molecule has 2 saturated heterocycles. The number of piperidine rings is 2. The van der Waals surface area contributed by atoms with Crippen LogP contribution in [0.4, 0.5) is 6.01 Å². The van der Waals surface area contributed by atoms with Crippen LogP contribution in [0, 0.1) is 12.3 Å². The molecular weight excluding hydrogens is 268 g/mol. The van der Waals surface area contributed by atoms with E-state index in [-0.39, 0.29) is 11.5 Å². The predicted octanol–water partition coefficient (Wildman–Crippen LogP) is 2.00. The van der Waals surface area contributed by atoms with Crippen LogP contribution < -0.4 is 4.90 Å². The molecule has 2 fully saturated rings. The van der Waals surface area contributed by atoms with Crippen molar-refractivity contribution in [3.63, 3.8) is 0 Å². The van der Waals surface area contributed by atoms with Crippen LogP contribution in [-0.2, 0) is 4.79 Å². The Bertz CT molecular complexity index is 527. The fourth-order valence-electron chi connectivity index (χ4n) is 3.63. The van der Waals surface area contributed by atoms with Gasteiger partial charge in [0.15, 0.2) is 0 Å². The topological polar surface area (TPSA) is 62.5 Å². The maximum absolute atomic E-state index is 12.1. The SMILES string of the molecule is Cc1nnc(N2CCCC3(CCC(=O)N(C(C)C)C3)C2)o1. The summed E-state index contributed by atoms with van der Waals surface area (Å²) in [5.41, 5.74) is 0.179. The van der Waals surface area contributed by atoms with Gasteiger partial charge < -0.3 is 14.2 Å². The summed E-state index contributed by atoms with van der Waals surface area (Å²) in [6.45, 7) is 8.73. The number of hydrogen-bond acceptors (Lipinski definition) is 5. The molecule has 3 rings (SSSR count). The van der Waals surface area contributed by atoms with Gasteiger partial charge in [0.2, 0.25) is 11.8 Å². The third-order valence-electron chi connectivity index (χ3n) is 4.77. The third kappa shape index (κ3) is 2.76. The number of carbonyl (C=O) groups is 1. The van der Waals surface area contributed by atoms with E-state index in [9.17, 15) is 4.79 Å². The molecule has 6 nitrogen and oxygen atoms in total. The van der Waals surface area contributed by atoms with Crippen LogP contribution in [0.15, 0.2) is 4.42 Å². The Morgan fingerprint density at radius 3 is 2.71 bits per heavy atom. The van der Waals surface area contributed by atoms with Gasteiger partial charge in [0, 0.05) is 44.4 Å². The minimum atomic E-state index is 0.179. The lowest BCUT2D eigenvalue weighted by Gasteiger charge is -2.48. The van der Waals surface area contributed by atoms with Crippen molar-refractivity contribution in [2.75, 3.05) is 24.5 Å². The minimum absolute atomic E-state index is 0.179. The number of rotatable bonds is 2. The number of aryl methyl sites for hydroxylation is 1. The summed E-state index contributed by atoms with van der Waals surface area (Å²) in [7, 11) is 0. The van der Waals surface area contributed by atoms with Crippen LogP contribution in [0.3, 0.4) is 0 Å². The van der Waals surface area contributed by atoms with Gasteiger partial charge in [-0.1, -0.05) is 5.10 Å². The Kier molecular flexibility index (Phi) is 3.63. The molecule has 2 aliphatic rings. The Balaban J connectivity index is 1.77. The maximum Gasteiger partial charge on any atom is 0.318 e. The van der Waals surface area contributed by atoms with Gasteiger partial charge in [0.05, 0.1) is 0 Å². The summed E-state index contributed by atoms with van der Waals surface area (Å²) in [4.78, 5) is 16.3. The Morgan fingerprint density at radius 1 is 1.24 bits per heavy atom. The second kappa shape index (κ2) is 5.31. The van der Waals surface area contributed by atoms with E-state index >= 15 is 0 Å². The Hall–Kier alpha value is -1.59. The van der Waals surface area contributed by atoms with E-state index in [1.807, 2.05) is 11.8 Å². The van der Waals surface area contributed by atoms with Crippen molar-refractivity contribution in [2.24, 2.45) is 5.41 Å². The average molecular weight is 292 g/mol. The molecule has 21 heavy (non-hydrogen) atoms. The highest BCUT2D eigenvalue weighted by atomic mass is 16.4. The van der Waals surface area contributed by atoms with Crippen molar-refractivity contribution in [2.45, 2.75) is 52.5 Å². The second-order valence-corrected chi connectivity index (χ2v) is 6.74. The molecule has 1 spiro atoms. The molecule has 6 heteroatoms. The van der Waals surface area contributed by atoms with E-state index in [0.717, 1.165) is 32.5 Å². The van der Waals surface area contributed by atoms with E-state index < -0.39 is 0 Å². The average Bonchev–Trinajstić information content (AvgIpc) is 2.89. The summed E-state index contributed by atoms with van der Waals surface area (Å²) in [6, 6.07) is 0.898. The van der Waals surface area contributed by atoms with Gasteiger partial charge in [-0.05, 0) is 33.1 Å². The largest absolute Gasteiger partial charge is 0.408 e. The van der Waals surface area contributed by atoms with Crippen LogP contribution in [0.5, 0.6) is 0 Å². The zero-order valence-corrected chi connectivity index (χ0v) is 13.1. The number of hydrogen-bond donors (Lipinski definition) is 0. The molecule has 1 aromatic rings. The second-order valence-electron chi connectivity index (χ2n) is 6.74. The quantitative estimate of drug-likeness (QED) is 0.834. The number of aromatic nitrogens is 2. The molecule has 0 aliphatic carbocycles. The molecule has 1 amide bonds. The van der Waals surface area contributed by atoms with Crippen LogP contribution in [-0.4, -0.2) is 46.7 Å². The van der Waals surface area contributed by atoms with E-state index in [1.165, 1.54) is 6.42 Å². The lowest BCUT2D eigenvalue weighted by Crippen LogP contribution is -2.55.